The highest BCUT2D eigenvalue weighted by Crippen LogP contribution is 2.50. The third-order valence-corrected chi connectivity index (χ3v) is 5.05. The zero-order chi connectivity index (χ0) is 13.4. The van der Waals surface area contributed by atoms with Crippen LogP contribution in [0.1, 0.15) is 43.7 Å². The van der Waals surface area contributed by atoms with E-state index in [-0.39, 0.29) is 17.6 Å². The molecule has 0 amide bonds. The fourth-order valence-electron chi connectivity index (χ4n) is 4.04. The molecule has 2 aliphatic rings. The summed E-state index contributed by atoms with van der Waals surface area (Å²) in [4.78, 5) is 0. The van der Waals surface area contributed by atoms with Crippen molar-refractivity contribution >= 4 is 0 Å². The van der Waals surface area contributed by atoms with Gasteiger partial charge in [0.25, 0.3) is 0 Å². The minimum absolute atomic E-state index is 0.0512. The molecule has 0 saturated heterocycles. The fourth-order valence-corrected chi connectivity index (χ4v) is 4.04. The van der Waals surface area contributed by atoms with Crippen LogP contribution in [0.25, 0.3) is 0 Å². The quantitative estimate of drug-likeness (QED) is 0.899. The predicted octanol–water partition coefficient (Wildman–Crippen LogP) is 3.66. The molecule has 2 nitrogen and oxygen atoms in total. The second-order valence-corrected chi connectivity index (χ2v) is 6.17. The van der Waals surface area contributed by atoms with Crippen LogP contribution in [-0.2, 0) is 0 Å². The molecule has 1 aromatic carbocycles. The topological polar surface area (TPSA) is 35.2 Å². The van der Waals surface area contributed by atoms with Gasteiger partial charge < -0.3 is 10.5 Å². The molecule has 2 fully saturated rings. The van der Waals surface area contributed by atoms with Gasteiger partial charge in [-0.1, -0.05) is 12.5 Å². The molecular formula is C16H22FNO. The van der Waals surface area contributed by atoms with Crippen LogP contribution in [0.3, 0.4) is 0 Å². The van der Waals surface area contributed by atoms with E-state index in [1.807, 2.05) is 6.07 Å². The summed E-state index contributed by atoms with van der Waals surface area (Å²) in [5.74, 6) is 2.53. The molecular weight excluding hydrogens is 241 g/mol. The van der Waals surface area contributed by atoms with Crippen LogP contribution in [0.4, 0.5) is 4.39 Å². The molecule has 2 bridgehead atoms. The minimum Gasteiger partial charge on any atom is -0.494 e. The highest BCUT2D eigenvalue weighted by molar-refractivity contribution is 5.31. The number of hydrogen-bond donors (Lipinski definition) is 1. The van der Waals surface area contributed by atoms with E-state index in [2.05, 4.69) is 0 Å². The third-order valence-electron chi connectivity index (χ3n) is 5.05. The summed E-state index contributed by atoms with van der Waals surface area (Å²) in [7, 11) is 1.48. The molecule has 0 spiro atoms. The number of benzene rings is 1. The Morgan fingerprint density at radius 1 is 1.37 bits per heavy atom. The first-order valence-corrected chi connectivity index (χ1v) is 7.26. The Bertz CT molecular complexity index is 462. The normalized spacial score (nSPS) is 30.6. The molecule has 19 heavy (non-hydrogen) atoms. The minimum atomic E-state index is -0.316. The van der Waals surface area contributed by atoms with Crippen LogP contribution >= 0.6 is 0 Å². The lowest BCUT2D eigenvalue weighted by Crippen LogP contribution is -2.19. The van der Waals surface area contributed by atoms with E-state index in [0.717, 1.165) is 29.7 Å². The maximum absolute atomic E-state index is 13.7. The monoisotopic (exact) mass is 263 g/mol. The number of rotatable bonds is 4. The lowest BCUT2D eigenvalue weighted by Gasteiger charge is -2.25. The van der Waals surface area contributed by atoms with Gasteiger partial charge in [0.15, 0.2) is 11.6 Å². The summed E-state index contributed by atoms with van der Waals surface area (Å²) < 4.78 is 18.6. The maximum atomic E-state index is 13.7. The molecule has 4 atom stereocenters. The first kappa shape index (κ1) is 12.9. The number of ether oxygens (including phenoxy) is 1. The Balaban J connectivity index is 1.67. The van der Waals surface area contributed by atoms with Crippen LogP contribution < -0.4 is 10.5 Å². The van der Waals surface area contributed by atoms with Crippen LogP contribution in [0.15, 0.2) is 18.2 Å². The van der Waals surface area contributed by atoms with E-state index in [4.69, 9.17) is 10.5 Å². The lowest BCUT2D eigenvalue weighted by molar-refractivity contribution is 0.295. The van der Waals surface area contributed by atoms with Crippen LogP contribution in [0.5, 0.6) is 5.75 Å². The second-order valence-electron chi connectivity index (χ2n) is 6.17. The van der Waals surface area contributed by atoms with Gasteiger partial charge in [0.1, 0.15) is 0 Å². The van der Waals surface area contributed by atoms with Crippen LogP contribution in [0, 0.1) is 23.6 Å². The van der Waals surface area contributed by atoms with Gasteiger partial charge in [-0.2, -0.15) is 0 Å². The number of methoxy groups -OCH3 is 1. The zero-order valence-corrected chi connectivity index (χ0v) is 11.4. The Labute approximate surface area is 114 Å². The van der Waals surface area contributed by atoms with Gasteiger partial charge in [0.05, 0.1) is 7.11 Å². The molecule has 0 aliphatic heterocycles. The molecule has 3 rings (SSSR count). The molecule has 3 heteroatoms. The van der Waals surface area contributed by atoms with Gasteiger partial charge in [0, 0.05) is 6.04 Å². The number of fused-ring (bicyclic) bond motifs is 2. The third kappa shape index (κ3) is 2.48. The summed E-state index contributed by atoms with van der Waals surface area (Å²) in [6, 6.07) is 5.03. The standard InChI is InChI=1S/C16H22FNO/c1-19-16-5-4-12(8-14(16)17)15(18)9-13-7-10-2-3-11(13)6-10/h4-5,8,10-11,13,15H,2-3,6-7,9,18H2,1H3. The van der Waals surface area contributed by atoms with E-state index in [1.54, 1.807) is 6.07 Å². The van der Waals surface area contributed by atoms with Gasteiger partial charge >= 0.3 is 0 Å². The Morgan fingerprint density at radius 2 is 2.21 bits per heavy atom. The molecule has 1 aromatic rings. The van der Waals surface area contributed by atoms with E-state index in [0.29, 0.717) is 0 Å². The Hall–Kier alpha value is -1.09. The number of nitrogens with two attached hydrogens (primary N) is 1. The SMILES string of the molecule is COc1ccc(C(N)CC2CC3CCC2C3)cc1F. The summed E-state index contributed by atoms with van der Waals surface area (Å²) in [5, 5.41) is 0. The largest absolute Gasteiger partial charge is 0.494 e. The number of hydrogen-bond acceptors (Lipinski definition) is 2. The van der Waals surface area contributed by atoms with E-state index in [1.165, 1.54) is 38.9 Å². The first-order chi connectivity index (χ1) is 9.17. The Kier molecular flexibility index (Phi) is 3.48. The van der Waals surface area contributed by atoms with Crippen molar-refractivity contribution in [2.24, 2.45) is 23.5 Å². The number of halogens is 1. The Morgan fingerprint density at radius 3 is 2.79 bits per heavy atom. The van der Waals surface area contributed by atoms with Crippen molar-refractivity contribution in [1.29, 1.82) is 0 Å². The average molecular weight is 263 g/mol. The van der Waals surface area contributed by atoms with Crippen molar-refractivity contribution in [2.45, 2.75) is 38.1 Å². The summed E-state index contributed by atoms with van der Waals surface area (Å²) in [6.07, 6.45) is 6.50. The molecule has 0 heterocycles. The highest BCUT2D eigenvalue weighted by atomic mass is 19.1. The molecule has 0 aromatic heterocycles. The second kappa shape index (κ2) is 5.12. The maximum Gasteiger partial charge on any atom is 0.165 e. The van der Waals surface area contributed by atoms with Crippen molar-refractivity contribution in [3.63, 3.8) is 0 Å². The van der Waals surface area contributed by atoms with Gasteiger partial charge in [-0.3, -0.25) is 0 Å². The molecule has 0 radical (unpaired) electrons. The predicted molar refractivity (Wildman–Crippen MR) is 73.4 cm³/mol. The van der Waals surface area contributed by atoms with E-state index < -0.39 is 0 Å². The summed E-state index contributed by atoms with van der Waals surface area (Å²) in [6.45, 7) is 0. The van der Waals surface area contributed by atoms with Gasteiger partial charge in [0.2, 0.25) is 0 Å². The zero-order valence-electron chi connectivity index (χ0n) is 11.4. The summed E-state index contributed by atoms with van der Waals surface area (Å²) in [5.41, 5.74) is 7.15. The van der Waals surface area contributed by atoms with E-state index in [9.17, 15) is 4.39 Å². The first-order valence-electron chi connectivity index (χ1n) is 7.26. The highest BCUT2D eigenvalue weighted by Gasteiger charge is 2.39. The van der Waals surface area contributed by atoms with E-state index >= 15 is 0 Å². The van der Waals surface area contributed by atoms with Crippen molar-refractivity contribution in [2.75, 3.05) is 7.11 Å². The van der Waals surface area contributed by atoms with Crippen molar-refractivity contribution in [3.8, 4) is 5.75 Å². The van der Waals surface area contributed by atoms with Gasteiger partial charge in [-0.05, 0) is 61.1 Å². The molecule has 2 aliphatic carbocycles. The van der Waals surface area contributed by atoms with Gasteiger partial charge in [-0.15, -0.1) is 0 Å². The van der Waals surface area contributed by atoms with Crippen LogP contribution in [0.2, 0.25) is 0 Å². The van der Waals surface area contributed by atoms with Crippen molar-refractivity contribution in [1.82, 2.24) is 0 Å². The molecule has 2 N–H and O–H groups in total. The average Bonchev–Trinajstić information content (AvgIpc) is 3.00. The van der Waals surface area contributed by atoms with Crippen molar-refractivity contribution in [3.05, 3.63) is 29.6 Å². The lowest BCUT2D eigenvalue weighted by atomic mass is 9.83. The summed E-state index contributed by atoms with van der Waals surface area (Å²) >= 11 is 0. The van der Waals surface area contributed by atoms with Crippen LogP contribution in [-0.4, -0.2) is 7.11 Å². The van der Waals surface area contributed by atoms with Gasteiger partial charge in [-0.25, -0.2) is 4.39 Å². The smallest absolute Gasteiger partial charge is 0.165 e. The fraction of sp³-hybridized carbons (Fsp3) is 0.625. The van der Waals surface area contributed by atoms with Crippen molar-refractivity contribution < 1.29 is 9.13 Å². The molecule has 4 unspecified atom stereocenters. The molecule has 2 saturated carbocycles. The molecule has 104 valence electrons.